The Labute approximate surface area is 132 Å². The summed E-state index contributed by atoms with van der Waals surface area (Å²) in [6, 6.07) is 3.52. The highest BCUT2D eigenvalue weighted by molar-refractivity contribution is 5.77. The predicted octanol–water partition coefficient (Wildman–Crippen LogP) is 1.63. The lowest BCUT2D eigenvalue weighted by atomic mass is 9.66. The van der Waals surface area contributed by atoms with Gasteiger partial charge in [0, 0.05) is 35.8 Å². The Balaban J connectivity index is 1.57. The van der Waals surface area contributed by atoms with Gasteiger partial charge in [-0.3, -0.25) is 9.48 Å². The predicted molar refractivity (Wildman–Crippen MR) is 84.5 cm³/mol. The molecule has 1 aliphatic carbocycles. The first kappa shape index (κ1) is 14.2. The van der Waals surface area contributed by atoms with E-state index in [0.29, 0.717) is 24.7 Å². The molecule has 0 radical (unpaired) electrons. The molecule has 1 aromatic heterocycles. The molecule has 3 fully saturated rings. The van der Waals surface area contributed by atoms with Crippen LogP contribution in [-0.4, -0.2) is 45.3 Å². The van der Waals surface area contributed by atoms with E-state index in [4.69, 9.17) is 0 Å². The number of nitrogens with zero attached hydrogens (tertiary/aromatic N) is 3. The van der Waals surface area contributed by atoms with Crippen molar-refractivity contribution in [2.24, 2.45) is 5.41 Å². The number of fused-ring (bicyclic) bond motifs is 1. The number of carbonyl (C=O) groups excluding carboxylic acids is 1. The maximum absolute atomic E-state index is 12.9. The Kier molecular flexibility index (Phi) is 3.12. The molecule has 22 heavy (non-hydrogen) atoms. The zero-order valence-corrected chi connectivity index (χ0v) is 13.8. The third kappa shape index (κ3) is 2.02. The largest absolute Gasteiger partial charge is 0.336 e. The first-order valence-electron chi connectivity index (χ1n) is 8.54. The Morgan fingerprint density at radius 2 is 2.27 bits per heavy atom. The molecule has 0 spiro atoms. The first-order chi connectivity index (χ1) is 10.5. The second kappa shape index (κ2) is 4.82. The van der Waals surface area contributed by atoms with Crippen LogP contribution in [0.2, 0.25) is 0 Å². The van der Waals surface area contributed by atoms with E-state index in [1.165, 1.54) is 19.3 Å². The Hall–Kier alpha value is -1.36. The molecule has 4 rings (SSSR count). The van der Waals surface area contributed by atoms with Crippen molar-refractivity contribution in [1.82, 2.24) is 20.0 Å². The Morgan fingerprint density at radius 3 is 3.00 bits per heavy atom. The number of aromatic nitrogens is 2. The molecule has 2 aliphatic heterocycles. The molecule has 120 valence electrons. The van der Waals surface area contributed by atoms with Crippen molar-refractivity contribution < 1.29 is 4.79 Å². The molecule has 3 aliphatic rings. The van der Waals surface area contributed by atoms with Crippen LogP contribution < -0.4 is 5.32 Å². The Bertz CT molecular complexity index is 610. The summed E-state index contributed by atoms with van der Waals surface area (Å²) in [5, 5.41) is 8.22. The first-order valence-corrected chi connectivity index (χ1v) is 8.54. The highest BCUT2D eigenvalue weighted by Gasteiger charge is 2.56. The van der Waals surface area contributed by atoms with Crippen LogP contribution in [0.25, 0.3) is 0 Å². The van der Waals surface area contributed by atoms with Crippen LogP contribution in [0, 0.1) is 19.3 Å². The molecule has 1 saturated carbocycles. The molecule has 0 unspecified atom stereocenters. The van der Waals surface area contributed by atoms with Crippen molar-refractivity contribution in [3.05, 3.63) is 17.5 Å². The van der Waals surface area contributed by atoms with E-state index in [9.17, 15) is 4.79 Å². The van der Waals surface area contributed by atoms with Crippen LogP contribution in [0.5, 0.6) is 0 Å². The van der Waals surface area contributed by atoms with Crippen molar-refractivity contribution in [2.75, 3.05) is 6.54 Å². The molecule has 5 heteroatoms. The van der Waals surface area contributed by atoms with Gasteiger partial charge in [0.15, 0.2) is 0 Å². The number of hydrogen-bond acceptors (Lipinski definition) is 3. The number of likely N-dealkylation sites (tertiary alicyclic amines) is 1. The van der Waals surface area contributed by atoms with Gasteiger partial charge in [0.1, 0.15) is 6.54 Å². The van der Waals surface area contributed by atoms with Crippen molar-refractivity contribution in [3.8, 4) is 0 Å². The number of piperidine rings is 1. The fourth-order valence-corrected chi connectivity index (χ4v) is 5.16. The molecule has 1 aromatic rings. The summed E-state index contributed by atoms with van der Waals surface area (Å²) in [4.78, 5) is 15.1. The minimum Gasteiger partial charge on any atom is -0.336 e. The van der Waals surface area contributed by atoms with E-state index in [-0.39, 0.29) is 11.3 Å². The van der Waals surface area contributed by atoms with Crippen LogP contribution in [0.1, 0.15) is 44.0 Å². The summed E-state index contributed by atoms with van der Waals surface area (Å²) in [6.07, 6.45) is 4.88. The van der Waals surface area contributed by atoms with Gasteiger partial charge >= 0.3 is 0 Å². The van der Waals surface area contributed by atoms with Crippen LogP contribution in [0.3, 0.4) is 0 Å². The van der Waals surface area contributed by atoms with E-state index in [0.717, 1.165) is 24.4 Å². The van der Waals surface area contributed by atoms with Gasteiger partial charge in [-0.25, -0.2) is 0 Å². The summed E-state index contributed by atoms with van der Waals surface area (Å²) in [6.45, 7) is 7.63. The van der Waals surface area contributed by atoms with Gasteiger partial charge in [0.2, 0.25) is 5.91 Å². The van der Waals surface area contributed by atoms with E-state index in [2.05, 4.69) is 22.2 Å². The molecule has 5 nitrogen and oxygen atoms in total. The van der Waals surface area contributed by atoms with Crippen LogP contribution in [-0.2, 0) is 11.3 Å². The highest BCUT2D eigenvalue weighted by atomic mass is 16.2. The van der Waals surface area contributed by atoms with Gasteiger partial charge in [-0.1, -0.05) is 6.92 Å². The molecule has 2 bridgehead atoms. The second-order valence-electron chi connectivity index (χ2n) is 7.70. The number of aryl methyl sites for hydroxylation is 2. The maximum Gasteiger partial charge on any atom is 0.244 e. The highest BCUT2D eigenvalue weighted by Crippen LogP contribution is 2.49. The van der Waals surface area contributed by atoms with Gasteiger partial charge in [0.25, 0.3) is 0 Å². The minimum absolute atomic E-state index is 0.233. The number of rotatable bonds is 2. The Morgan fingerprint density at radius 1 is 1.45 bits per heavy atom. The van der Waals surface area contributed by atoms with Crippen LogP contribution >= 0.6 is 0 Å². The monoisotopic (exact) mass is 302 g/mol. The molecule has 0 aromatic carbocycles. The fourth-order valence-electron chi connectivity index (χ4n) is 5.16. The molecule has 1 N–H and O–H groups in total. The quantitative estimate of drug-likeness (QED) is 0.903. The number of carbonyl (C=O) groups is 1. The average molecular weight is 302 g/mol. The van der Waals surface area contributed by atoms with Gasteiger partial charge < -0.3 is 10.2 Å². The maximum atomic E-state index is 12.9. The molecule has 4 atom stereocenters. The summed E-state index contributed by atoms with van der Waals surface area (Å²) >= 11 is 0. The second-order valence-corrected chi connectivity index (χ2v) is 7.70. The van der Waals surface area contributed by atoms with Crippen molar-refractivity contribution in [2.45, 2.75) is 71.1 Å². The van der Waals surface area contributed by atoms with Crippen LogP contribution in [0.15, 0.2) is 6.07 Å². The third-order valence-electron chi connectivity index (χ3n) is 6.15. The summed E-state index contributed by atoms with van der Waals surface area (Å²) in [5.41, 5.74) is 2.32. The van der Waals surface area contributed by atoms with Crippen molar-refractivity contribution in [3.63, 3.8) is 0 Å². The van der Waals surface area contributed by atoms with Gasteiger partial charge in [-0.15, -0.1) is 0 Å². The molecule has 3 heterocycles. The minimum atomic E-state index is 0.233. The van der Waals surface area contributed by atoms with Gasteiger partial charge in [-0.05, 0) is 45.6 Å². The third-order valence-corrected chi connectivity index (χ3v) is 6.15. The lowest BCUT2D eigenvalue weighted by Crippen LogP contribution is -2.58. The van der Waals surface area contributed by atoms with E-state index >= 15 is 0 Å². The average Bonchev–Trinajstić information content (AvgIpc) is 2.94. The standard InChI is InChI=1S/C17H26N4O/c1-11-7-12(2)21(19-11)10-16(22)20-9-13-8-17(3)14(18-13)5-4-6-15(17)20/h7,13-15,18H,4-6,8-10H2,1-3H3/t13-,14-,15+,17-/m0/s1. The number of nitrogens with one attached hydrogen (secondary N) is 1. The van der Waals surface area contributed by atoms with E-state index in [1.807, 2.05) is 24.6 Å². The summed E-state index contributed by atoms with van der Waals surface area (Å²) in [5.74, 6) is 0.233. The number of hydrogen-bond donors (Lipinski definition) is 1. The topological polar surface area (TPSA) is 50.2 Å². The van der Waals surface area contributed by atoms with Crippen molar-refractivity contribution >= 4 is 5.91 Å². The smallest absolute Gasteiger partial charge is 0.244 e. The molecular weight excluding hydrogens is 276 g/mol. The van der Waals surface area contributed by atoms with Crippen LogP contribution in [0.4, 0.5) is 0 Å². The van der Waals surface area contributed by atoms with Gasteiger partial charge in [0.05, 0.1) is 5.69 Å². The fraction of sp³-hybridized carbons (Fsp3) is 0.765. The summed E-state index contributed by atoms with van der Waals surface area (Å²) < 4.78 is 1.85. The normalized spacial score (nSPS) is 36.7. The summed E-state index contributed by atoms with van der Waals surface area (Å²) in [7, 11) is 0. The lowest BCUT2D eigenvalue weighted by Gasteiger charge is -2.50. The molecular formula is C17H26N4O. The van der Waals surface area contributed by atoms with Crippen molar-refractivity contribution in [1.29, 1.82) is 0 Å². The SMILES string of the molecule is Cc1cc(C)n(CC(=O)N2C[C@@H]3C[C@@]4(C)[C@H](CCC[C@@H]24)N3)n1. The van der Waals surface area contributed by atoms with Gasteiger partial charge in [-0.2, -0.15) is 5.10 Å². The molecule has 2 saturated heterocycles. The molecule has 1 amide bonds. The number of amides is 1. The lowest BCUT2D eigenvalue weighted by molar-refractivity contribution is -0.140. The van der Waals surface area contributed by atoms with E-state index < -0.39 is 0 Å². The zero-order valence-electron chi connectivity index (χ0n) is 13.8. The zero-order chi connectivity index (χ0) is 15.5. The van der Waals surface area contributed by atoms with E-state index in [1.54, 1.807) is 0 Å².